The van der Waals surface area contributed by atoms with E-state index < -0.39 is 25.2 Å². The standard InChI is InChI=1S/C49H94NO7P/c1-6-8-10-12-14-16-18-20-22-23-24-25-26-27-29-31-33-35-37-39-41-44-55-46-47(49(52)58(53,54)56-45-43-50(3,4)5)57-48(51)42-40-38-36-34-32-30-28-21-19-17-15-13-11-9-7-2/h21,28,41,44,47H,6-20,22-27,29-40,42-43,45-46H2,1-5H3/p+1/b28-21-,44-41?. The first-order valence-corrected chi connectivity index (χ1v) is 26.0. The van der Waals surface area contributed by atoms with Crippen LogP contribution >= 0.6 is 7.60 Å². The summed E-state index contributed by atoms with van der Waals surface area (Å²) < 4.78 is 29.5. The molecule has 0 bridgehead atoms. The molecule has 0 aromatic carbocycles. The van der Waals surface area contributed by atoms with Crippen molar-refractivity contribution in [1.29, 1.82) is 0 Å². The van der Waals surface area contributed by atoms with Crippen LogP contribution in [0, 0.1) is 0 Å². The third-order valence-electron chi connectivity index (χ3n) is 10.9. The predicted octanol–water partition coefficient (Wildman–Crippen LogP) is 14.7. The van der Waals surface area contributed by atoms with Crippen LogP contribution in [-0.4, -0.2) is 67.9 Å². The zero-order valence-electron chi connectivity index (χ0n) is 38.8. The predicted molar refractivity (Wildman–Crippen MR) is 246 cm³/mol. The molecular weight excluding hydrogens is 746 g/mol. The first-order chi connectivity index (χ1) is 28.0. The summed E-state index contributed by atoms with van der Waals surface area (Å²) in [5, 5.41) is 0. The van der Waals surface area contributed by atoms with Gasteiger partial charge in [-0.1, -0.05) is 193 Å². The maximum Gasteiger partial charge on any atom is 0.398 e. The lowest BCUT2D eigenvalue weighted by molar-refractivity contribution is -0.870. The van der Waals surface area contributed by atoms with Gasteiger partial charge in [-0.3, -0.25) is 18.7 Å². The van der Waals surface area contributed by atoms with Crippen molar-refractivity contribution in [1.82, 2.24) is 0 Å². The number of esters is 1. The molecule has 2 unspecified atom stereocenters. The molecule has 0 spiro atoms. The molecule has 0 saturated heterocycles. The van der Waals surface area contributed by atoms with Gasteiger partial charge in [-0.15, -0.1) is 0 Å². The quantitative estimate of drug-likeness (QED) is 0.0163. The molecule has 0 aliphatic carbocycles. The molecule has 58 heavy (non-hydrogen) atoms. The number of likely N-dealkylation sites (N-methyl/N-ethyl adjacent to an activating group) is 1. The average Bonchev–Trinajstić information content (AvgIpc) is 3.18. The van der Waals surface area contributed by atoms with Gasteiger partial charge in [-0.05, 0) is 51.0 Å². The molecule has 8 nitrogen and oxygen atoms in total. The van der Waals surface area contributed by atoms with Crippen LogP contribution in [0.3, 0.4) is 0 Å². The first kappa shape index (κ1) is 56.5. The number of rotatable bonds is 45. The van der Waals surface area contributed by atoms with E-state index in [1.54, 1.807) is 0 Å². The highest BCUT2D eigenvalue weighted by atomic mass is 31.2. The zero-order chi connectivity index (χ0) is 42.8. The molecule has 0 rings (SSSR count). The van der Waals surface area contributed by atoms with E-state index >= 15 is 0 Å². The Morgan fingerprint density at radius 2 is 0.914 bits per heavy atom. The third kappa shape index (κ3) is 40.0. The summed E-state index contributed by atoms with van der Waals surface area (Å²) >= 11 is 0. The Kier molecular flexibility index (Phi) is 39.9. The van der Waals surface area contributed by atoms with Crippen molar-refractivity contribution in [2.45, 2.75) is 238 Å². The Bertz CT molecular complexity index is 1040. The Balaban J connectivity index is 4.28. The van der Waals surface area contributed by atoms with Crippen LogP contribution in [0.4, 0.5) is 0 Å². The highest BCUT2D eigenvalue weighted by Crippen LogP contribution is 2.44. The Morgan fingerprint density at radius 3 is 1.31 bits per heavy atom. The minimum absolute atomic E-state index is 0.0706. The number of nitrogens with zero attached hydrogens (tertiary/aromatic N) is 1. The van der Waals surface area contributed by atoms with Gasteiger partial charge in [0.2, 0.25) is 6.10 Å². The number of carbonyl (C=O) groups excluding carboxylic acids is 2. The SMILES string of the molecule is CCCCCCCC/C=C\CCCCCCCC(=O)OC(COC=CCCCCCCCCCCCCCCCCCCCCC)C(=O)P(=O)(O)OCC[N+](C)(C)C. The van der Waals surface area contributed by atoms with E-state index in [2.05, 4.69) is 26.0 Å². The fraction of sp³-hybridized carbons (Fsp3) is 0.878. The maximum atomic E-state index is 13.1. The van der Waals surface area contributed by atoms with Crippen LogP contribution in [0.5, 0.6) is 0 Å². The number of hydrogen-bond acceptors (Lipinski definition) is 6. The number of unbranched alkanes of at least 4 members (excludes halogenated alkanes) is 30. The molecule has 0 heterocycles. The van der Waals surface area contributed by atoms with E-state index in [9.17, 15) is 19.0 Å². The van der Waals surface area contributed by atoms with Crippen LogP contribution in [0.1, 0.15) is 232 Å². The molecule has 0 amide bonds. The Morgan fingerprint density at radius 1 is 0.552 bits per heavy atom. The molecular formula is C49H95NO7P+. The second kappa shape index (κ2) is 40.9. The van der Waals surface area contributed by atoms with Crippen molar-refractivity contribution < 1.29 is 37.5 Å². The highest BCUT2D eigenvalue weighted by Gasteiger charge is 2.40. The van der Waals surface area contributed by atoms with Crippen molar-refractivity contribution in [3.05, 3.63) is 24.5 Å². The van der Waals surface area contributed by atoms with Gasteiger partial charge in [-0.25, -0.2) is 0 Å². The lowest BCUT2D eigenvalue weighted by atomic mass is 10.0. The molecule has 0 aliphatic rings. The van der Waals surface area contributed by atoms with Crippen LogP contribution in [-0.2, 0) is 28.2 Å². The number of quaternary nitrogens is 1. The van der Waals surface area contributed by atoms with Crippen LogP contribution < -0.4 is 0 Å². The number of carbonyl (C=O) groups is 2. The van der Waals surface area contributed by atoms with E-state index in [4.69, 9.17) is 14.0 Å². The molecule has 0 fully saturated rings. The van der Waals surface area contributed by atoms with Gasteiger partial charge >= 0.3 is 13.6 Å². The first-order valence-electron chi connectivity index (χ1n) is 24.5. The van der Waals surface area contributed by atoms with Gasteiger partial charge in [0.25, 0.3) is 5.52 Å². The third-order valence-corrected chi connectivity index (χ3v) is 12.3. The lowest BCUT2D eigenvalue weighted by Crippen LogP contribution is -2.38. The Hall–Kier alpha value is -1.47. The molecule has 2 atom stereocenters. The van der Waals surface area contributed by atoms with Gasteiger partial charge in [0.05, 0.1) is 27.4 Å². The normalized spacial score (nSPS) is 13.7. The maximum absolute atomic E-state index is 13.1. The molecule has 0 radical (unpaired) electrons. The number of ether oxygens (including phenoxy) is 2. The molecule has 0 aliphatic heterocycles. The van der Waals surface area contributed by atoms with Gasteiger partial charge < -0.3 is 18.9 Å². The van der Waals surface area contributed by atoms with Crippen LogP contribution in [0.15, 0.2) is 24.5 Å². The minimum atomic E-state index is -4.68. The fourth-order valence-electron chi connectivity index (χ4n) is 7.02. The molecule has 9 heteroatoms. The summed E-state index contributed by atoms with van der Waals surface area (Å²) in [6.07, 6.45) is 48.2. The van der Waals surface area contributed by atoms with Gasteiger partial charge in [0.1, 0.15) is 19.8 Å². The van der Waals surface area contributed by atoms with E-state index in [0.717, 1.165) is 51.4 Å². The van der Waals surface area contributed by atoms with Gasteiger partial charge in [-0.2, -0.15) is 0 Å². The minimum Gasteiger partial charge on any atom is -0.497 e. The van der Waals surface area contributed by atoms with Crippen LogP contribution in [0.2, 0.25) is 0 Å². The van der Waals surface area contributed by atoms with Gasteiger partial charge in [0.15, 0.2) is 0 Å². The summed E-state index contributed by atoms with van der Waals surface area (Å²) in [6.45, 7) is 4.58. The molecule has 0 aromatic rings. The topological polar surface area (TPSA) is 99.1 Å². The number of hydrogen-bond donors (Lipinski definition) is 1. The Labute approximate surface area is 359 Å². The van der Waals surface area contributed by atoms with E-state index in [1.807, 2.05) is 27.2 Å². The molecule has 0 aromatic heterocycles. The summed E-state index contributed by atoms with van der Waals surface area (Å²) in [5.41, 5.74) is -1.14. The zero-order valence-corrected chi connectivity index (χ0v) is 39.7. The van der Waals surface area contributed by atoms with Crippen molar-refractivity contribution in [2.75, 3.05) is 40.9 Å². The van der Waals surface area contributed by atoms with E-state index in [-0.39, 0.29) is 19.6 Å². The van der Waals surface area contributed by atoms with Crippen molar-refractivity contribution in [2.24, 2.45) is 0 Å². The van der Waals surface area contributed by atoms with Crippen molar-refractivity contribution >= 4 is 19.1 Å². The highest BCUT2D eigenvalue weighted by molar-refractivity contribution is 7.71. The van der Waals surface area contributed by atoms with E-state index in [1.165, 1.54) is 160 Å². The van der Waals surface area contributed by atoms with E-state index in [0.29, 0.717) is 17.4 Å². The average molecular weight is 841 g/mol. The second-order valence-corrected chi connectivity index (χ2v) is 19.6. The van der Waals surface area contributed by atoms with Crippen molar-refractivity contribution in [3.8, 4) is 0 Å². The summed E-state index contributed by atoms with van der Waals surface area (Å²) in [6, 6.07) is 0. The van der Waals surface area contributed by atoms with Gasteiger partial charge in [0, 0.05) is 6.42 Å². The molecule has 0 saturated carbocycles. The summed E-state index contributed by atoms with van der Waals surface area (Å²) in [7, 11) is 1.10. The molecule has 342 valence electrons. The number of allylic oxidation sites excluding steroid dienone is 3. The fourth-order valence-corrected chi connectivity index (χ4v) is 7.96. The largest absolute Gasteiger partial charge is 0.497 e. The monoisotopic (exact) mass is 841 g/mol. The summed E-state index contributed by atoms with van der Waals surface area (Å²) in [4.78, 5) is 36.3. The van der Waals surface area contributed by atoms with Crippen LogP contribution in [0.25, 0.3) is 0 Å². The smallest absolute Gasteiger partial charge is 0.398 e. The lowest BCUT2D eigenvalue weighted by Gasteiger charge is -2.24. The summed E-state index contributed by atoms with van der Waals surface area (Å²) in [5.74, 6) is -0.566. The molecule has 1 N–H and O–H groups in total. The van der Waals surface area contributed by atoms with Crippen molar-refractivity contribution in [3.63, 3.8) is 0 Å². The second-order valence-electron chi connectivity index (χ2n) is 17.9.